The number of non-ortho nitro benzene ring substituents is 1. The summed E-state index contributed by atoms with van der Waals surface area (Å²) in [5.41, 5.74) is -0.114. The van der Waals surface area contributed by atoms with E-state index in [4.69, 9.17) is 4.74 Å². The second-order valence-electron chi connectivity index (χ2n) is 6.11. The number of hydrogen-bond donors (Lipinski definition) is 1. The molecule has 9 heteroatoms. The maximum atomic E-state index is 12.4. The van der Waals surface area contributed by atoms with E-state index in [2.05, 4.69) is 5.32 Å². The second-order valence-corrected chi connectivity index (χ2v) is 6.11. The fraction of sp³-hybridized carbons (Fsp3) is 0.353. The van der Waals surface area contributed by atoms with Crippen molar-refractivity contribution in [3.05, 3.63) is 40.5 Å². The minimum Gasteiger partial charge on any atom is -0.495 e. The number of hydrogen-bond acceptors (Lipinski definition) is 6. The molecule has 0 unspecified atom stereocenters. The zero-order valence-corrected chi connectivity index (χ0v) is 14.0. The summed E-state index contributed by atoms with van der Waals surface area (Å²) in [6.07, 6.45) is 4.71. The molecule has 3 rings (SSSR count). The highest BCUT2D eigenvalue weighted by molar-refractivity contribution is 6.09. The molecule has 0 radical (unpaired) electrons. The number of nitro benzene ring substituents is 1. The maximum Gasteiger partial charge on any atom is 0.271 e. The van der Waals surface area contributed by atoms with Crippen LogP contribution in [-0.2, 0) is 14.4 Å². The Bertz CT molecular complexity index is 793. The molecule has 0 saturated carbocycles. The minimum atomic E-state index is -0.628. The smallest absolute Gasteiger partial charge is 0.271 e. The van der Waals surface area contributed by atoms with Gasteiger partial charge in [0.05, 0.1) is 29.6 Å². The van der Waals surface area contributed by atoms with Crippen molar-refractivity contribution in [2.45, 2.75) is 12.8 Å². The van der Waals surface area contributed by atoms with Gasteiger partial charge in [-0.05, 0) is 18.9 Å². The zero-order chi connectivity index (χ0) is 18.8. The first-order chi connectivity index (χ1) is 12.4. The van der Waals surface area contributed by atoms with Crippen LogP contribution in [0.3, 0.4) is 0 Å². The lowest BCUT2D eigenvalue weighted by molar-refractivity contribution is -0.384. The number of fused-ring (bicyclic) bond motifs is 1. The number of nitrogens with one attached hydrogen (secondary N) is 1. The number of carbonyl (C=O) groups excluding carboxylic acids is 3. The molecular weight excluding hydrogens is 342 g/mol. The monoisotopic (exact) mass is 359 g/mol. The summed E-state index contributed by atoms with van der Waals surface area (Å²) in [7, 11) is 1.36. The van der Waals surface area contributed by atoms with E-state index < -0.39 is 29.2 Å². The molecule has 26 heavy (non-hydrogen) atoms. The van der Waals surface area contributed by atoms with Crippen LogP contribution in [-0.4, -0.2) is 41.2 Å². The van der Waals surface area contributed by atoms with E-state index in [1.807, 2.05) is 12.2 Å². The Kier molecular flexibility index (Phi) is 4.70. The average molecular weight is 359 g/mol. The van der Waals surface area contributed by atoms with Crippen molar-refractivity contribution < 1.29 is 24.0 Å². The summed E-state index contributed by atoms with van der Waals surface area (Å²) < 4.78 is 5.08. The molecule has 1 aromatic rings. The number of nitrogens with zero attached hydrogens (tertiary/aromatic N) is 2. The third-order valence-corrected chi connectivity index (χ3v) is 4.57. The molecule has 0 bridgehead atoms. The van der Waals surface area contributed by atoms with E-state index in [1.54, 1.807) is 0 Å². The van der Waals surface area contributed by atoms with E-state index in [0.29, 0.717) is 12.8 Å². The van der Waals surface area contributed by atoms with Crippen molar-refractivity contribution in [1.29, 1.82) is 0 Å². The van der Waals surface area contributed by atoms with Crippen LogP contribution in [0, 0.1) is 22.0 Å². The number of methoxy groups -OCH3 is 1. The predicted octanol–water partition coefficient (Wildman–Crippen LogP) is 1.49. The molecule has 9 nitrogen and oxygen atoms in total. The molecule has 1 heterocycles. The van der Waals surface area contributed by atoms with Crippen LogP contribution in [0.25, 0.3) is 0 Å². The Morgan fingerprint density at radius 2 is 1.88 bits per heavy atom. The molecule has 136 valence electrons. The first-order valence-corrected chi connectivity index (χ1v) is 8.05. The molecule has 1 N–H and O–H groups in total. The summed E-state index contributed by atoms with van der Waals surface area (Å²) in [4.78, 5) is 48.3. The third kappa shape index (κ3) is 3.15. The van der Waals surface area contributed by atoms with Gasteiger partial charge in [0.25, 0.3) is 5.69 Å². The van der Waals surface area contributed by atoms with Crippen molar-refractivity contribution in [2.24, 2.45) is 11.8 Å². The van der Waals surface area contributed by atoms with Gasteiger partial charge in [-0.1, -0.05) is 12.2 Å². The Morgan fingerprint density at radius 1 is 1.27 bits per heavy atom. The fourth-order valence-electron chi connectivity index (χ4n) is 3.27. The summed E-state index contributed by atoms with van der Waals surface area (Å²) in [6.45, 7) is -0.434. The normalized spacial score (nSPS) is 21.5. The highest BCUT2D eigenvalue weighted by Gasteiger charge is 2.47. The van der Waals surface area contributed by atoms with Gasteiger partial charge >= 0.3 is 0 Å². The molecule has 1 saturated heterocycles. The molecule has 1 aliphatic heterocycles. The topological polar surface area (TPSA) is 119 Å². The van der Waals surface area contributed by atoms with Gasteiger partial charge in [-0.3, -0.25) is 29.4 Å². The van der Waals surface area contributed by atoms with Crippen molar-refractivity contribution in [1.82, 2.24) is 4.90 Å². The molecule has 1 aliphatic carbocycles. The number of amides is 3. The van der Waals surface area contributed by atoms with Gasteiger partial charge < -0.3 is 10.1 Å². The molecule has 1 fully saturated rings. The molecule has 2 atom stereocenters. The summed E-state index contributed by atoms with van der Waals surface area (Å²) in [5.74, 6) is -1.92. The minimum absolute atomic E-state index is 0.102. The average Bonchev–Trinajstić information content (AvgIpc) is 2.87. The van der Waals surface area contributed by atoms with Crippen LogP contribution < -0.4 is 10.1 Å². The van der Waals surface area contributed by atoms with Crippen LogP contribution in [0.5, 0.6) is 5.75 Å². The highest BCUT2D eigenvalue weighted by atomic mass is 16.6. The van der Waals surface area contributed by atoms with Crippen LogP contribution in [0.4, 0.5) is 11.4 Å². The van der Waals surface area contributed by atoms with E-state index in [9.17, 15) is 24.5 Å². The zero-order valence-electron chi connectivity index (χ0n) is 14.0. The lowest BCUT2D eigenvalue weighted by Gasteiger charge is -2.15. The number of imide groups is 1. The van der Waals surface area contributed by atoms with Gasteiger partial charge in [-0.15, -0.1) is 0 Å². The largest absolute Gasteiger partial charge is 0.495 e. The molecule has 2 aliphatic rings. The van der Waals surface area contributed by atoms with Gasteiger partial charge in [0.1, 0.15) is 12.3 Å². The van der Waals surface area contributed by atoms with E-state index >= 15 is 0 Å². The Labute approximate surface area is 148 Å². The summed E-state index contributed by atoms with van der Waals surface area (Å²) in [5, 5.41) is 13.4. The lowest BCUT2D eigenvalue weighted by Crippen LogP contribution is -2.38. The van der Waals surface area contributed by atoms with Crippen molar-refractivity contribution in [3.8, 4) is 5.75 Å². The molecule has 0 spiro atoms. The highest BCUT2D eigenvalue weighted by Crippen LogP contribution is 2.35. The standard InChI is InChI=1S/C17H17N3O6/c1-26-14-7-6-10(20(24)25)8-13(14)18-15(21)9-19-16(22)11-4-2-3-5-12(11)17(19)23/h2-3,6-8,11-12H,4-5,9H2,1H3,(H,18,21)/t11-,12-/m1/s1. The number of allylic oxidation sites excluding steroid dienone is 2. The first-order valence-electron chi connectivity index (χ1n) is 8.05. The summed E-state index contributed by atoms with van der Waals surface area (Å²) in [6, 6.07) is 3.77. The quantitative estimate of drug-likeness (QED) is 0.368. The van der Waals surface area contributed by atoms with Crippen molar-refractivity contribution in [3.63, 3.8) is 0 Å². The van der Waals surface area contributed by atoms with Crippen molar-refractivity contribution >= 4 is 29.1 Å². The molecule has 1 aromatic carbocycles. The van der Waals surface area contributed by atoms with E-state index in [-0.39, 0.29) is 28.9 Å². The lowest BCUT2D eigenvalue weighted by atomic mass is 9.85. The number of rotatable bonds is 5. The van der Waals surface area contributed by atoms with E-state index in [0.717, 1.165) is 11.0 Å². The third-order valence-electron chi connectivity index (χ3n) is 4.57. The van der Waals surface area contributed by atoms with Crippen LogP contribution >= 0.6 is 0 Å². The van der Waals surface area contributed by atoms with Crippen LogP contribution in [0.15, 0.2) is 30.4 Å². The van der Waals surface area contributed by atoms with E-state index in [1.165, 1.54) is 19.2 Å². The Hall–Kier alpha value is -3.23. The summed E-state index contributed by atoms with van der Waals surface area (Å²) >= 11 is 0. The second kappa shape index (κ2) is 6.95. The Morgan fingerprint density at radius 3 is 2.42 bits per heavy atom. The number of carbonyl (C=O) groups is 3. The number of likely N-dealkylation sites (tertiary alicyclic amines) is 1. The van der Waals surface area contributed by atoms with Gasteiger partial charge in [0, 0.05) is 12.1 Å². The van der Waals surface area contributed by atoms with Gasteiger partial charge in [-0.25, -0.2) is 0 Å². The number of benzene rings is 1. The fourth-order valence-corrected chi connectivity index (χ4v) is 3.27. The van der Waals surface area contributed by atoms with Gasteiger partial charge in [-0.2, -0.15) is 0 Å². The van der Waals surface area contributed by atoms with Crippen molar-refractivity contribution in [2.75, 3.05) is 19.0 Å². The molecular formula is C17H17N3O6. The first kappa shape index (κ1) is 17.6. The maximum absolute atomic E-state index is 12.4. The predicted molar refractivity (Wildman–Crippen MR) is 90.4 cm³/mol. The molecule has 0 aromatic heterocycles. The number of anilines is 1. The van der Waals surface area contributed by atoms with Gasteiger partial charge in [0.2, 0.25) is 17.7 Å². The number of ether oxygens (including phenoxy) is 1. The van der Waals surface area contributed by atoms with Crippen LogP contribution in [0.2, 0.25) is 0 Å². The Balaban J connectivity index is 1.73. The molecule has 3 amide bonds. The van der Waals surface area contributed by atoms with Gasteiger partial charge in [0.15, 0.2) is 0 Å². The number of nitro groups is 1. The van der Waals surface area contributed by atoms with Crippen LogP contribution in [0.1, 0.15) is 12.8 Å². The SMILES string of the molecule is COc1ccc([N+](=O)[O-])cc1NC(=O)CN1C(=O)[C@@H]2CC=CC[C@H]2C1=O.